The molecule has 0 fully saturated rings. The van der Waals surface area contributed by atoms with Crippen LogP contribution in [0, 0.1) is 5.92 Å². The van der Waals surface area contributed by atoms with Crippen LogP contribution in [0.5, 0.6) is 0 Å². The van der Waals surface area contributed by atoms with Gasteiger partial charge in [-0.1, -0.05) is 108 Å². The molecular formula is C32H50O6Si. The van der Waals surface area contributed by atoms with Crippen LogP contribution in [-0.2, 0) is 28.2 Å². The zero-order chi connectivity index (χ0) is 28.4. The smallest absolute Gasteiger partial charge is 0.308 e. The highest BCUT2D eigenvalue weighted by atomic mass is 28.4. The summed E-state index contributed by atoms with van der Waals surface area (Å²) >= 11 is 0. The Morgan fingerprint density at radius 1 is 0.718 bits per heavy atom. The molecule has 0 radical (unpaired) electrons. The molecule has 0 amide bonds. The second-order valence-corrected chi connectivity index (χ2v) is 15.1. The first-order chi connectivity index (χ1) is 18.9. The molecule has 0 N–H and O–H groups in total. The Morgan fingerprint density at radius 2 is 1.18 bits per heavy atom. The number of ether oxygens (including phenoxy) is 4. The van der Waals surface area contributed by atoms with Gasteiger partial charge in [-0.15, -0.1) is 0 Å². The first-order valence-corrected chi connectivity index (χ1v) is 16.4. The summed E-state index contributed by atoms with van der Waals surface area (Å²) in [6.07, 6.45) is 3.86. The summed E-state index contributed by atoms with van der Waals surface area (Å²) < 4.78 is 29.1. The number of hydrogen-bond acceptors (Lipinski definition) is 6. The highest BCUT2D eigenvalue weighted by Crippen LogP contribution is 2.36. The first kappa shape index (κ1) is 33.2. The molecule has 6 nitrogen and oxygen atoms in total. The fourth-order valence-electron chi connectivity index (χ4n) is 4.82. The first-order valence-electron chi connectivity index (χ1n) is 14.5. The van der Waals surface area contributed by atoms with Crippen molar-refractivity contribution in [2.24, 2.45) is 5.92 Å². The van der Waals surface area contributed by atoms with Crippen LogP contribution in [0.15, 0.2) is 60.7 Å². The van der Waals surface area contributed by atoms with Gasteiger partial charge in [0.05, 0.1) is 52.2 Å². The molecule has 0 heterocycles. The molecule has 0 saturated heterocycles. The molecule has 39 heavy (non-hydrogen) atoms. The summed E-state index contributed by atoms with van der Waals surface area (Å²) in [6.45, 7) is 14.6. The minimum atomic E-state index is -2.53. The summed E-state index contributed by atoms with van der Waals surface area (Å²) in [7, 11) is -2.53. The quantitative estimate of drug-likeness (QED) is 0.124. The molecule has 0 bridgehead atoms. The molecule has 2 aromatic carbocycles. The average Bonchev–Trinajstić information content (AvgIpc) is 2.94. The summed E-state index contributed by atoms with van der Waals surface area (Å²) in [5, 5.41) is 2.48. The number of carbonyl (C=O) groups is 1. The second kappa shape index (κ2) is 18.3. The Bertz CT molecular complexity index is 860. The number of carbonyl (C=O) groups excluding carboxylic acids is 1. The molecule has 0 saturated carbocycles. The third kappa shape index (κ3) is 10.8. The molecule has 2 aromatic rings. The molecule has 1 atom stereocenters. The predicted octanol–water partition coefficient (Wildman–Crippen LogP) is 5.37. The van der Waals surface area contributed by atoms with Crippen molar-refractivity contribution in [1.82, 2.24) is 0 Å². The average molecular weight is 559 g/mol. The third-order valence-corrected chi connectivity index (χ3v) is 12.0. The molecule has 0 aliphatic heterocycles. The van der Waals surface area contributed by atoms with Crippen LogP contribution in [0.1, 0.15) is 60.3 Å². The molecule has 0 spiro atoms. The summed E-state index contributed by atoms with van der Waals surface area (Å²) in [5.41, 5.74) is 0. The topological polar surface area (TPSA) is 63.2 Å². The number of esters is 1. The minimum absolute atomic E-state index is 0.00239. The van der Waals surface area contributed by atoms with Gasteiger partial charge in [-0.25, -0.2) is 0 Å². The van der Waals surface area contributed by atoms with E-state index in [9.17, 15) is 4.79 Å². The van der Waals surface area contributed by atoms with Crippen LogP contribution in [0.3, 0.4) is 0 Å². The molecule has 0 aromatic heterocycles. The van der Waals surface area contributed by atoms with Crippen molar-refractivity contribution in [2.75, 3.05) is 52.9 Å². The molecule has 0 aliphatic carbocycles. The van der Waals surface area contributed by atoms with Crippen molar-refractivity contribution in [3.05, 3.63) is 60.7 Å². The molecule has 7 heteroatoms. The van der Waals surface area contributed by atoms with E-state index in [1.54, 1.807) is 0 Å². The molecular weight excluding hydrogens is 508 g/mol. The van der Waals surface area contributed by atoms with Crippen molar-refractivity contribution in [1.29, 1.82) is 0 Å². The van der Waals surface area contributed by atoms with E-state index in [1.807, 2.05) is 6.92 Å². The maximum atomic E-state index is 12.1. The van der Waals surface area contributed by atoms with Gasteiger partial charge in [0, 0.05) is 0 Å². The van der Waals surface area contributed by atoms with Gasteiger partial charge in [0.15, 0.2) is 0 Å². The van der Waals surface area contributed by atoms with Gasteiger partial charge < -0.3 is 23.4 Å². The zero-order valence-corrected chi connectivity index (χ0v) is 25.8. The Hall–Kier alpha value is -2.03. The summed E-state index contributed by atoms with van der Waals surface area (Å²) in [4.78, 5) is 12.1. The maximum Gasteiger partial charge on any atom is 0.308 e. The highest BCUT2D eigenvalue weighted by Gasteiger charge is 2.49. The lowest BCUT2D eigenvalue weighted by Crippen LogP contribution is -2.66. The highest BCUT2D eigenvalue weighted by molar-refractivity contribution is 6.99. The summed E-state index contributed by atoms with van der Waals surface area (Å²) in [6, 6.07) is 21.3. The Morgan fingerprint density at radius 3 is 1.62 bits per heavy atom. The number of benzene rings is 2. The van der Waals surface area contributed by atoms with Crippen LogP contribution in [0.4, 0.5) is 0 Å². The fourth-order valence-corrected chi connectivity index (χ4v) is 9.36. The van der Waals surface area contributed by atoms with Gasteiger partial charge in [0.25, 0.3) is 8.32 Å². The van der Waals surface area contributed by atoms with Gasteiger partial charge >= 0.3 is 5.97 Å². The number of hydrogen-bond donors (Lipinski definition) is 0. The lowest BCUT2D eigenvalue weighted by molar-refractivity contribution is -0.150. The van der Waals surface area contributed by atoms with E-state index in [0.717, 1.165) is 25.7 Å². The molecule has 1 unspecified atom stereocenters. The summed E-state index contributed by atoms with van der Waals surface area (Å²) in [5.74, 6) is -0.107. The second-order valence-electron chi connectivity index (χ2n) is 10.8. The van der Waals surface area contributed by atoms with Gasteiger partial charge in [-0.05, 0) is 28.3 Å². The van der Waals surface area contributed by atoms with E-state index in [2.05, 4.69) is 88.4 Å². The van der Waals surface area contributed by atoms with Crippen molar-refractivity contribution in [2.45, 2.75) is 65.3 Å². The lowest BCUT2D eigenvalue weighted by Gasteiger charge is -2.43. The van der Waals surface area contributed by atoms with Crippen LogP contribution < -0.4 is 10.4 Å². The maximum absolute atomic E-state index is 12.1. The molecule has 218 valence electrons. The Kier molecular flexibility index (Phi) is 15.6. The van der Waals surface area contributed by atoms with E-state index in [0.29, 0.717) is 46.2 Å². The largest absolute Gasteiger partial charge is 0.463 e. The van der Waals surface area contributed by atoms with Crippen LogP contribution in [0.25, 0.3) is 0 Å². The number of unbranched alkanes of at least 4 members (excludes halogenated alkanes) is 1. The van der Waals surface area contributed by atoms with Crippen molar-refractivity contribution >= 4 is 24.7 Å². The van der Waals surface area contributed by atoms with Gasteiger partial charge in [-0.2, -0.15) is 0 Å². The fraction of sp³-hybridized carbons (Fsp3) is 0.594. The molecule has 2 rings (SSSR count). The lowest BCUT2D eigenvalue weighted by atomic mass is 10.00. The number of rotatable bonds is 20. The van der Waals surface area contributed by atoms with Gasteiger partial charge in [-0.3, -0.25) is 4.79 Å². The van der Waals surface area contributed by atoms with E-state index in [4.69, 9.17) is 23.4 Å². The van der Waals surface area contributed by atoms with Crippen molar-refractivity contribution in [3.8, 4) is 0 Å². The van der Waals surface area contributed by atoms with E-state index in [1.165, 1.54) is 10.4 Å². The third-order valence-electron chi connectivity index (χ3n) is 6.91. The standard InChI is InChI=1S/C32H50O6Si/c1-6-8-15-28(7-2)31(33)37-26-24-35-22-20-34-21-23-36-25-27-38-39(32(3,4)5,29-16-11-9-12-17-29)30-18-13-10-14-19-30/h9-14,16-19,28H,6-8,15,20-27H2,1-5H3. The monoisotopic (exact) mass is 558 g/mol. The van der Waals surface area contributed by atoms with Gasteiger partial charge in [0.2, 0.25) is 0 Å². The van der Waals surface area contributed by atoms with Crippen molar-refractivity contribution < 1.29 is 28.2 Å². The SMILES string of the molecule is CCCCC(CC)C(=O)OCCOCCOCCOCCO[Si](c1ccccc1)(c1ccccc1)C(C)(C)C. The van der Waals surface area contributed by atoms with Gasteiger partial charge in [0.1, 0.15) is 6.61 Å². The van der Waals surface area contributed by atoms with E-state index in [-0.39, 0.29) is 23.5 Å². The van der Waals surface area contributed by atoms with Crippen LogP contribution in [0.2, 0.25) is 5.04 Å². The minimum Gasteiger partial charge on any atom is -0.463 e. The molecule has 0 aliphatic rings. The van der Waals surface area contributed by atoms with E-state index >= 15 is 0 Å². The van der Waals surface area contributed by atoms with Crippen LogP contribution >= 0.6 is 0 Å². The van der Waals surface area contributed by atoms with E-state index < -0.39 is 8.32 Å². The Labute approximate surface area is 237 Å². The zero-order valence-electron chi connectivity index (χ0n) is 24.8. The van der Waals surface area contributed by atoms with Crippen molar-refractivity contribution in [3.63, 3.8) is 0 Å². The normalized spacial score (nSPS) is 12.8. The van der Waals surface area contributed by atoms with Crippen LogP contribution in [-0.4, -0.2) is 67.1 Å². The predicted molar refractivity (Wildman–Crippen MR) is 160 cm³/mol. The Balaban J connectivity index is 1.65.